The van der Waals surface area contributed by atoms with E-state index in [-0.39, 0.29) is 0 Å². The van der Waals surface area contributed by atoms with Crippen LogP contribution in [-0.2, 0) is 6.42 Å². The molecule has 2 heterocycles. The Labute approximate surface area is 150 Å². The predicted molar refractivity (Wildman–Crippen MR) is 104 cm³/mol. The number of hydrogen-bond acceptors (Lipinski definition) is 3. The van der Waals surface area contributed by atoms with E-state index in [0.29, 0.717) is 6.04 Å². The minimum atomic E-state index is 0.519. The van der Waals surface area contributed by atoms with Gasteiger partial charge in [0, 0.05) is 44.5 Å². The third kappa shape index (κ3) is 4.98. The van der Waals surface area contributed by atoms with E-state index in [4.69, 9.17) is 4.42 Å². The molecule has 0 amide bonds. The quantitative estimate of drug-likeness (QED) is 0.626. The summed E-state index contributed by atoms with van der Waals surface area (Å²) in [5.41, 5.74) is 0.957. The molecular weight excluding hydrogens is 312 g/mol. The number of furan rings is 1. The molecule has 0 radical (unpaired) electrons. The lowest BCUT2D eigenvalue weighted by molar-refractivity contribution is 0.206. The topological polar surface area (TPSA) is 52.8 Å². The molecule has 0 unspecified atom stereocenters. The van der Waals surface area contributed by atoms with Crippen LogP contribution in [-0.4, -0.2) is 50.1 Å². The summed E-state index contributed by atoms with van der Waals surface area (Å²) in [6, 6.07) is 10.8. The van der Waals surface area contributed by atoms with Crippen LogP contribution >= 0.6 is 0 Å². The molecule has 1 aromatic carbocycles. The standard InChI is InChI=1S/C20H30N4O/c1-3-12-24-13-9-17(10-14-24)23-20(21-2)22-11-8-18-15-16-6-4-5-7-19(16)25-18/h4-7,15,17H,3,8-14H2,1-2H3,(H2,21,22,23). The van der Waals surface area contributed by atoms with Crippen molar-refractivity contribution >= 4 is 16.9 Å². The number of nitrogens with zero attached hydrogens (tertiary/aromatic N) is 2. The van der Waals surface area contributed by atoms with Crippen molar-refractivity contribution in [2.75, 3.05) is 33.2 Å². The summed E-state index contributed by atoms with van der Waals surface area (Å²) >= 11 is 0. The summed E-state index contributed by atoms with van der Waals surface area (Å²) in [7, 11) is 1.84. The lowest BCUT2D eigenvalue weighted by atomic mass is 10.1. The second-order valence-electron chi connectivity index (χ2n) is 6.76. The second-order valence-corrected chi connectivity index (χ2v) is 6.76. The van der Waals surface area contributed by atoms with Crippen molar-refractivity contribution < 1.29 is 4.42 Å². The fourth-order valence-electron chi connectivity index (χ4n) is 3.47. The van der Waals surface area contributed by atoms with Crippen LogP contribution in [0.3, 0.4) is 0 Å². The maximum atomic E-state index is 5.86. The molecule has 3 rings (SSSR count). The zero-order valence-electron chi connectivity index (χ0n) is 15.4. The number of fused-ring (bicyclic) bond motifs is 1. The first-order valence-corrected chi connectivity index (χ1v) is 9.45. The Morgan fingerprint density at radius 1 is 1.28 bits per heavy atom. The van der Waals surface area contributed by atoms with Gasteiger partial charge in [-0.3, -0.25) is 4.99 Å². The van der Waals surface area contributed by atoms with Crippen molar-refractivity contribution in [2.45, 2.75) is 38.6 Å². The summed E-state index contributed by atoms with van der Waals surface area (Å²) in [4.78, 5) is 6.91. The largest absolute Gasteiger partial charge is 0.461 e. The molecule has 1 aliphatic rings. The number of nitrogens with one attached hydrogen (secondary N) is 2. The van der Waals surface area contributed by atoms with E-state index in [1.54, 1.807) is 0 Å². The van der Waals surface area contributed by atoms with Crippen molar-refractivity contribution in [1.82, 2.24) is 15.5 Å². The normalized spacial score (nSPS) is 17.1. The van der Waals surface area contributed by atoms with Gasteiger partial charge in [0.05, 0.1) is 0 Å². The third-order valence-corrected chi connectivity index (χ3v) is 4.83. The van der Waals surface area contributed by atoms with Gasteiger partial charge in [0.25, 0.3) is 0 Å². The van der Waals surface area contributed by atoms with Crippen molar-refractivity contribution in [3.8, 4) is 0 Å². The molecular formula is C20H30N4O. The monoisotopic (exact) mass is 342 g/mol. The number of rotatable bonds is 6. The van der Waals surface area contributed by atoms with E-state index < -0.39 is 0 Å². The first-order chi connectivity index (χ1) is 12.3. The molecule has 0 saturated carbocycles. The molecule has 2 aromatic rings. The van der Waals surface area contributed by atoms with Crippen LogP contribution in [0.4, 0.5) is 0 Å². The number of para-hydroxylation sites is 1. The number of hydrogen-bond donors (Lipinski definition) is 2. The summed E-state index contributed by atoms with van der Waals surface area (Å²) in [5.74, 6) is 1.90. The van der Waals surface area contributed by atoms with E-state index >= 15 is 0 Å². The molecule has 1 aromatic heterocycles. The predicted octanol–water partition coefficient (Wildman–Crippen LogP) is 3.01. The average molecular weight is 342 g/mol. The molecule has 0 bridgehead atoms. The number of aliphatic imine (C=N–C) groups is 1. The average Bonchev–Trinajstić information content (AvgIpc) is 3.05. The van der Waals surface area contributed by atoms with Gasteiger partial charge in [0.1, 0.15) is 11.3 Å². The van der Waals surface area contributed by atoms with Gasteiger partial charge < -0.3 is 20.0 Å². The molecule has 0 spiro atoms. The molecule has 1 aliphatic heterocycles. The highest BCUT2D eigenvalue weighted by Gasteiger charge is 2.19. The van der Waals surface area contributed by atoms with Gasteiger partial charge in [-0.05, 0) is 37.9 Å². The number of piperidine rings is 1. The van der Waals surface area contributed by atoms with Gasteiger partial charge in [0.15, 0.2) is 5.96 Å². The van der Waals surface area contributed by atoms with Crippen LogP contribution in [0, 0.1) is 0 Å². The van der Waals surface area contributed by atoms with Gasteiger partial charge >= 0.3 is 0 Å². The Morgan fingerprint density at radius 3 is 2.80 bits per heavy atom. The molecule has 5 nitrogen and oxygen atoms in total. The van der Waals surface area contributed by atoms with Gasteiger partial charge in [0.2, 0.25) is 0 Å². The van der Waals surface area contributed by atoms with Gasteiger partial charge in [-0.2, -0.15) is 0 Å². The molecule has 136 valence electrons. The first-order valence-electron chi connectivity index (χ1n) is 9.45. The Hall–Kier alpha value is -2.01. The van der Waals surface area contributed by atoms with E-state index in [1.165, 1.54) is 44.3 Å². The third-order valence-electron chi connectivity index (χ3n) is 4.83. The first kappa shape index (κ1) is 17.8. The van der Waals surface area contributed by atoms with Crippen LogP contribution in [0.5, 0.6) is 0 Å². The Kier molecular flexibility index (Phi) is 6.34. The van der Waals surface area contributed by atoms with Crippen LogP contribution in [0.2, 0.25) is 0 Å². The zero-order valence-corrected chi connectivity index (χ0v) is 15.4. The van der Waals surface area contributed by atoms with Crippen LogP contribution in [0.25, 0.3) is 11.0 Å². The summed E-state index contributed by atoms with van der Waals surface area (Å²) in [6.07, 6.45) is 4.46. The number of benzene rings is 1. The lowest BCUT2D eigenvalue weighted by Crippen LogP contribution is -2.49. The van der Waals surface area contributed by atoms with Crippen molar-refractivity contribution in [3.63, 3.8) is 0 Å². The van der Waals surface area contributed by atoms with Crippen molar-refractivity contribution in [1.29, 1.82) is 0 Å². The molecule has 1 saturated heterocycles. The highest BCUT2D eigenvalue weighted by Crippen LogP contribution is 2.18. The maximum absolute atomic E-state index is 5.86. The van der Waals surface area contributed by atoms with E-state index in [2.05, 4.69) is 39.6 Å². The van der Waals surface area contributed by atoms with Gasteiger partial charge in [-0.15, -0.1) is 0 Å². The number of likely N-dealkylation sites (tertiary alicyclic amines) is 1. The molecule has 0 aliphatic carbocycles. The van der Waals surface area contributed by atoms with E-state index in [9.17, 15) is 0 Å². The number of guanidine groups is 1. The van der Waals surface area contributed by atoms with Crippen LogP contribution in [0.1, 0.15) is 31.9 Å². The van der Waals surface area contributed by atoms with Gasteiger partial charge in [-0.1, -0.05) is 25.1 Å². The summed E-state index contributed by atoms with van der Waals surface area (Å²) in [5, 5.41) is 8.14. The fraction of sp³-hybridized carbons (Fsp3) is 0.550. The minimum Gasteiger partial charge on any atom is -0.461 e. The summed E-state index contributed by atoms with van der Waals surface area (Å²) in [6.45, 7) is 6.65. The lowest BCUT2D eigenvalue weighted by Gasteiger charge is -2.32. The SMILES string of the molecule is CCCN1CCC(NC(=NC)NCCc2cc3ccccc3o2)CC1. The van der Waals surface area contributed by atoms with Crippen molar-refractivity contribution in [2.24, 2.45) is 4.99 Å². The molecule has 2 N–H and O–H groups in total. The maximum Gasteiger partial charge on any atom is 0.191 e. The molecule has 5 heteroatoms. The fourth-order valence-corrected chi connectivity index (χ4v) is 3.47. The Morgan fingerprint density at radius 2 is 2.08 bits per heavy atom. The second kappa shape index (κ2) is 8.90. The minimum absolute atomic E-state index is 0.519. The molecule has 0 atom stereocenters. The Bertz CT molecular complexity index is 653. The zero-order chi connectivity index (χ0) is 17.5. The van der Waals surface area contributed by atoms with Crippen molar-refractivity contribution in [3.05, 3.63) is 36.1 Å². The van der Waals surface area contributed by atoms with E-state index in [1.807, 2.05) is 25.2 Å². The smallest absolute Gasteiger partial charge is 0.191 e. The van der Waals surface area contributed by atoms with Crippen LogP contribution < -0.4 is 10.6 Å². The molecule has 25 heavy (non-hydrogen) atoms. The Balaban J connectivity index is 1.42. The molecule has 1 fully saturated rings. The van der Waals surface area contributed by atoms with E-state index in [0.717, 1.165) is 30.3 Å². The van der Waals surface area contributed by atoms with Crippen LogP contribution in [0.15, 0.2) is 39.7 Å². The highest BCUT2D eigenvalue weighted by molar-refractivity contribution is 5.80. The van der Waals surface area contributed by atoms with Gasteiger partial charge in [-0.25, -0.2) is 0 Å². The summed E-state index contributed by atoms with van der Waals surface area (Å²) < 4.78 is 5.86. The highest BCUT2D eigenvalue weighted by atomic mass is 16.3.